The minimum atomic E-state index is -2.25. The van der Waals surface area contributed by atoms with Crippen molar-refractivity contribution in [2.75, 3.05) is 87.0 Å². The molecule has 6 aliphatic rings. The molecule has 4 saturated heterocycles. The number of rotatable bonds is 42. The summed E-state index contributed by atoms with van der Waals surface area (Å²) in [5.74, 6) is 8.05. The van der Waals surface area contributed by atoms with Crippen LogP contribution >= 0.6 is 55.5 Å². The van der Waals surface area contributed by atoms with Crippen molar-refractivity contribution in [3.8, 4) is 40.9 Å². The molecule has 2 aromatic carbocycles. The van der Waals surface area contributed by atoms with Gasteiger partial charge in [0, 0.05) is 94.9 Å². The van der Waals surface area contributed by atoms with E-state index in [0.717, 1.165) is 7.11 Å². The smallest absolute Gasteiger partial charge is 0.411 e. The molecule has 2 aromatic rings. The molecule has 8 rings (SSSR count). The number of allylic oxidation sites excluding steroid dienone is 3. The normalized spacial score (nSPS) is 27.7. The Morgan fingerprint density at radius 1 is 0.803 bits per heavy atom. The van der Waals surface area contributed by atoms with Crippen LogP contribution in [0.15, 0.2) is 59.3 Å². The molecule has 734 valence electrons. The van der Waals surface area contributed by atoms with E-state index in [-0.39, 0.29) is 133 Å². The zero-order valence-corrected chi connectivity index (χ0v) is 81.8. The number of carbonyl (C=O) groups excluding carboxylic acids is 9. The highest BCUT2D eigenvalue weighted by Crippen LogP contribution is 2.49. The van der Waals surface area contributed by atoms with Crippen molar-refractivity contribution in [2.24, 2.45) is 17.4 Å². The largest absolute Gasteiger partial charge is 0.492 e. The number of amides is 9. The second-order valence-electron chi connectivity index (χ2n) is 33.4. The summed E-state index contributed by atoms with van der Waals surface area (Å²) in [6, 6.07) is 0.145. The molecule has 2 bridgehead atoms. The number of anilines is 1. The fourth-order valence-electron chi connectivity index (χ4n) is 15.5. The lowest BCUT2D eigenvalue weighted by atomic mass is 9.75. The van der Waals surface area contributed by atoms with Gasteiger partial charge in [-0.15, -0.1) is 0 Å². The second kappa shape index (κ2) is 51.2. The SMILES string of the molecule is CCN(C(=O)OCc1ccc(NC(=O)[C@H](CCCNC(N)=O)NC(=O)[C@@H](NC(=O)[C@H](CCCCN)NC(C)=O)C(C)C)cc1)[C@H]1CO[C@@H](O[C@H]2[C@H](O[C@H]3C#CC=CC#C[C@]4(O)CC(=O)C(NC(=O)OC)=C3/C4=C\CSSC(C)(C)CC(=O)N(C)C)O[C@H](C)[C@@H](NO[C@H]3C[C@H](O)[C@H]([SH]=C(O)c4c(C)c(I)c(O[C@@H]5O[C@@H](C)[C@H](O)[C@@H](OC)[C@H]5O)c(OC)c4OC)[C@@H](C)O3)[C@@H]2O)C[C@@H]1OC. The van der Waals surface area contributed by atoms with Gasteiger partial charge in [-0.2, -0.15) is 16.8 Å². The van der Waals surface area contributed by atoms with Crippen LogP contribution in [0.25, 0.3) is 0 Å². The molecule has 4 heterocycles. The van der Waals surface area contributed by atoms with Crippen molar-refractivity contribution >= 4 is 120 Å². The van der Waals surface area contributed by atoms with Gasteiger partial charge in [-0.25, -0.2) is 14.4 Å². The third kappa shape index (κ3) is 29.3. The summed E-state index contributed by atoms with van der Waals surface area (Å²) >= 11 is 2.19. The number of nitrogens with one attached hydrogen (secondary N) is 7. The van der Waals surface area contributed by atoms with Gasteiger partial charge in [-0.05, 0) is 151 Å². The van der Waals surface area contributed by atoms with Crippen LogP contribution in [0.3, 0.4) is 0 Å². The molecule has 22 atom stereocenters. The summed E-state index contributed by atoms with van der Waals surface area (Å²) in [7, 11) is 12.6. The van der Waals surface area contributed by atoms with Gasteiger partial charge in [0.15, 0.2) is 41.8 Å². The van der Waals surface area contributed by atoms with Gasteiger partial charge in [0.25, 0.3) is 0 Å². The van der Waals surface area contributed by atoms with Gasteiger partial charge >= 0.3 is 18.2 Å². The van der Waals surface area contributed by atoms with Crippen LogP contribution in [0.5, 0.6) is 17.2 Å². The Hall–Kier alpha value is -8.02. The number of aliphatic hydroxyl groups excluding tert-OH is 5. The molecule has 44 heteroatoms. The average molecular weight is 2030 g/mol. The van der Waals surface area contributed by atoms with Crippen LogP contribution in [-0.2, 0) is 87.6 Å². The summed E-state index contributed by atoms with van der Waals surface area (Å²) in [4.78, 5) is 130. The van der Waals surface area contributed by atoms with Gasteiger partial charge in [-0.1, -0.05) is 77.3 Å². The Balaban J connectivity index is 1.03. The molecule has 0 saturated carbocycles. The summed E-state index contributed by atoms with van der Waals surface area (Å²) in [6.07, 6.45) is -15.9. The quantitative estimate of drug-likeness (QED) is 0.00860. The number of thiol groups is 1. The molecule has 2 aliphatic carbocycles. The zero-order valence-electron chi connectivity index (χ0n) is 77.1. The Bertz CT molecular complexity index is 4590. The van der Waals surface area contributed by atoms with Crippen molar-refractivity contribution in [2.45, 2.75) is 272 Å². The monoisotopic (exact) mass is 2030 g/mol. The number of likely N-dealkylation sites (N-methyl/N-ethyl adjacent to an activating group) is 1. The first-order valence-corrected chi connectivity index (χ1v) is 47.6. The maximum Gasteiger partial charge on any atom is 0.411 e. The van der Waals surface area contributed by atoms with Crippen molar-refractivity contribution in [1.29, 1.82) is 0 Å². The molecular formula is C88H128IN11O29S3. The third-order valence-corrected chi connectivity index (χ3v) is 28.6. The summed E-state index contributed by atoms with van der Waals surface area (Å²) < 4.78 is 79.5. The number of hydrogen-bond acceptors (Lipinski definition) is 32. The summed E-state index contributed by atoms with van der Waals surface area (Å²) in [5.41, 5.74) is 12.5. The molecule has 4 aliphatic heterocycles. The highest BCUT2D eigenvalue weighted by atomic mass is 127. The lowest BCUT2D eigenvalue weighted by Gasteiger charge is -2.47. The van der Waals surface area contributed by atoms with Crippen LogP contribution in [0.1, 0.15) is 137 Å². The topological polar surface area (TPSA) is 547 Å². The Labute approximate surface area is 793 Å². The second-order valence-corrected chi connectivity index (χ2v) is 38.8. The number of ketones is 1. The number of nitrogens with two attached hydrogens (primary N) is 2. The number of ether oxygens (including phenoxy) is 13. The van der Waals surface area contributed by atoms with Crippen LogP contribution in [-0.4, -0.2) is 319 Å². The lowest BCUT2D eigenvalue weighted by Crippen LogP contribution is -2.65. The Kier molecular flexibility index (Phi) is 42.4. The molecule has 0 unspecified atom stereocenters. The minimum Gasteiger partial charge on any atom is -0.492 e. The van der Waals surface area contributed by atoms with Crippen LogP contribution in [0.2, 0.25) is 0 Å². The molecule has 17 N–H and O–H groups in total. The van der Waals surface area contributed by atoms with Crippen molar-refractivity contribution in [3.63, 3.8) is 0 Å². The standard InChI is InChI=1S/C88H128IN11O29S3/c1-18-100(86(114)122-42-50-29-31-51(32-30-50)94-78(108)54(27-25-36-92-84(91)112)95-80(110)66(44(2)3)96-79(109)53(93-49(8)101)26-22-24-35-90)55-43-121-61(39-59(55)116-13)127-75-70(106)67(98-129-62-38-56(102)77(48(7)123-62)131-81(111)63-45(4)65(89)73(76(119-16)72(63)117-14)128-82-71(107)74(118-15)69(105)47(6)125-82)46(5)124-83(75)126-58-28-21-19-20-23-34-88(115)40-57(103)68(97-85(113)120-17)64(58)52(88)33-37-130-132-87(9,10)41-60(104)99(11)12/h19-20,29-33,44,46-48,53-56,58-59,61-62,66-67,69-71,74-75,77,82-83,98,102,105-107,111,115,131H,18,22,24-27,35-43,90H2,1-17H3,(H,93,101)(H,94,108)(H,95,110)(H,96,109)(H,97,113)(H3,91,92,112)/b20-19?,52-33+/t46-,47+,48-,53+,54+,55+,56+,58+,59+,61+,62+,66+,67-,69+,70+,71-,74-,75-,77-,82+,83+,88+/m1/s1. The molecule has 0 aromatic heterocycles. The zero-order chi connectivity index (χ0) is 97.3. The van der Waals surface area contributed by atoms with Crippen LogP contribution in [0.4, 0.5) is 20.1 Å². The van der Waals surface area contributed by atoms with Crippen molar-refractivity contribution in [3.05, 3.63) is 79.6 Å². The van der Waals surface area contributed by atoms with E-state index in [0.29, 0.717) is 39.8 Å². The number of carbonyl (C=O) groups is 9. The number of benzene rings is 2. The van der Waals surface area contributed by atoms with Gasteiger partial charge in [0.05, 0.1) is 97.0 Å². The number of aliphatic hydroxyl groups is 6. The van der Waals surface area contributed by atoms with E-state index >= 15 is 0 Å². The number of halogens is 1. The van der Waals surface area contributed by atoms with Crippen molar-refractivity contribution in [1.82, 2.24) is 41.9 Å². The van der Waals surface area contributed by atoms with E-state index in [1.807, 2.05) is 36.4 Å². The molecular weight excluding hydrogens is 1900 g/mol. The first-order chi connectivity index (χ1) is 62.6. The number of fused-ring (bicyclic) bond motifs is 2. The van der Waals surface area contributed by atoms with E-state index in [9.17, 15) is 73.8 Å². The molecule has 40 nitrogen and oxygen atoms in total. The number of hydrogen-bond donors (Lipinski definition) is 16. The van der Waals surface area contributed by atoms with E-state index in [4.69, 9.17) is 77.9 Å². The number of primary amides is 1. The first kappa shape index (κ1) is 109. The van der Waals surface area contributed by atoms with Gasteiger partial charge in [0.2, 0.25) is 41.6 Å². The minimum absolute atomic E-state index is 0.00641. The van der Waals surface area contributed by atoms with E-state index in [1.165, 1.54) is 78.9 Å². The molecule has 9 amide bonds. The highest BCUT2D eigenvalue weighted by molar-refractivity contribution is 14.1. The number of unbranched alkanes of at least 4 members (excludes halogenated alkanes) is 1. The van der Waals surface area contributed by atoms with Gasteiger partial charge < -0.3 is 140 Å². The Morgan fingerprint density at radius 2 is 1.48 bits per heavy atom. The number of urea groups is 1. The number of alkyl carbamates (subject to hydrolysis) is 1. The van der Waals surface area contributed by atoms with E-state index in [2.05, 4.69) is 61.1 Å². The highest BCUT2D eigenvalue weighted by Gasteiger charge is 2.53. The maximum atomic E-state index is 14.6. The average Bonchev–Trinajstić information content (AvgIpc) is 0.748. The number of Topliss-reactive ketones (excluding diaryl/α,β-unsaturated/α-hetero) is 1. The summed E-state index contributed by atoms with van der Waals surface area (Å²) in [5, 5.41) is 86.7. The lowest BCUT2D eigenvalue weighted by molar-refractivity contribution is -0.337. The molecule has 0 spiro atoms. The van der Waals surface area contributed by atoms with Gasteiger partial charge in [-0.3, -0.25) is 38.9 Å². The Morgan fingerprint density at radius 3 is 2.11 bits per heavy atom. The van der Waals surface area contributed by atoms with Crippen molar-refractivity contribution < 1.29 is 140 Å². The number of hydroxylamine groups is 1. The van der Waals surface area contributed by atoms with E-state index < -0.39 is 198 Å². The molecule has 4 fully saturated rings. The predicted molar refractivity (Wildman–Crippen MR) is 497 cm³/mol. The third-order valence-electron chi connectivity index (χ3n) is 22.6. The number of methoxy groups -OCH3 is 5. The van der Waals surface area contributed by atoms with Crippen LogP contribution in [0, 0.1) is 40.1 Å². The summed E-state index contributed by atoms with van der Waals surface area (Å²) in [6.45, 7) is 16.8. The predicted octanol–water partition coefficient (Wildman–Crippen LogP) is 3.50. The fraction of sp³-hybridized carbons (Fsp3) is 0.636. The van der Waals surface area contributed by atoms with Gasteiger partial charge in [0.1, 0.15) is 66.4 Å². The molecule has 0 radical (unpaired) electrons. The fourth-order valence-corrected chi connectivity index (χ4v) is 19.8. The number of nitrogens with zero attached hydrogens (tertiary/aromatic N) is 2. The molecule has 132 heavy (non-hydrogen) atoms. The van der Waals surface area contributed by atoms with E-state index in [1.54, 1.807) is 92.9 Å². The first-order valence-electron chi connectivity index (χ1n) is 43.2. The van der Waals surface area contributed by atoms with Crippen LogP contribution < -0.4 is 63.1 Å². The maximum absolute atomic E-state index is 14.6.